The van der Waals surface area contributed by atoms with Gasteiger partial charge in [-0.2, -0.15) is 4.98 Å². The van der Waals surface area contributed by atoms with E-state index in [0.717, 1.165) is 17.3 Å². The van der Waals surface area contributed by atoms with Gasteiger partial charge in [0.15, 0.2) is 0 Å². The van der Waals surface area contributed by atoms with Crippen LogP contribution in [0.15, 0.2) is 30.5 Å². The second-order valence-corrected chi connectivity index (χ2v) is 4.55. The summed E-state index contributed by atoms with van der Waals surface area (Å²) in [6, 6.07) is 7.65. The van der Waals surface area contributed by atoms with E-state index in [2.05, 4.69) is 20.7 Å². The molecule has 8 nitrogen and oxygen atoms in total. The van der Waals surface area contributed by atoms with Gasteiger partial charge in [0, 0.05) is 0 Å². The summed E-state index contributed by atoms with van der Waals surface area (Å²) >= 11 is 0. The Bertz CT molecular complexity index is 661. The average molecular weight is 288 g/mol. The predicted molar refractivity (Wildman–Crippen MR) is 79.7 cm³/mol. The van der Waals surface area contributed by atoms with Crippen LogP contribution in [0.2, 0.25) is 0 Å². The molecule has 1 heterocycles. The highest BCUT2D eigenvalue weighted by Crippen LogP contribution is 2.27. The topological polar surface area (TPSA) is 119 Å². The zero-order chi connectivity index (χ0) is 15.4. The fraction of sp³-hybridized carbons (Fsp3) is 0.231. The van der Waals surface area contributed by atoms with Gasteiger partial charge in [-0.25, -0.2) is 10.8 Å². The molecule has 2 rings (SSSR count). The number of anilines is 2. The minimum atomic E-state index is -0.535. The van der Waals surface area contributed by atoms with Gasteiger partial charge < -0.3 is 5.32 Å². The van der Waals surface area contributed by atoms with Gasteiger partial charge >= 0.3 is 5.69 Å². The number of nitrogens with two attached hydrogens (primary N) is 1. The first-order valence-corrected chi connectivity index (χ1v) is 6.33. The molecule has 0 spiro atoms. The summed E-state index contributed by atoms with van der Waals surface area (Å²) in [7, 11) is 0. The lowest BCUT2D eigenvalue weighted by molar-refractivity contribution is -0.384. The molecule has 0 aliphatic heterocycles. The Morgan fingerprint density at radius 1 is 1.38 bits per heavy atom. The van der Waals surface area contributed by atoms with Crippen molar-refractivity contribution in [3.05, 3.63) is 51.7 Å². The third-order valence-electron chi connectivity index (χ3n) is 3.10. The van der Waals surface area contributed by atoms with Crippen molar-refractivity contribution >= 4 is 17.5 Å². The van der Waals surface area contributed by atoms with Gasteiger partial charge in [-0.3, -0.25) is 15.5 Å². The number of benzene rings is 1. The Kier molecular flexibility index (Phi) is 4.29. The number of rotatable bonds is 5. The lowest BCUT2D eigenvalue weighted by atomic mass is 10.0. The molecule has 8 heteroatoms. The van der Waals surface area contributed by atoms with Crippen molar-refractivity contribution < 1.29 is 4.92 Å². The average Bonchev–Trinajstić information content (AvgIpc) is 2.47. The summed E-state index contributed by atoms with van der Waals surface area (Å²) < 4.78 is 0. The molecule has 1 aromatic heterocycles. The number of nitrogens with one attached hydrogen (secondary N) is 2. The molecular formula is C13H16N6O2. The minimum Gasteiger partial charge on any atom is -0.358 e. The molecule has 2 aromatic rings. The van der Waals surface area contributed by atoms with Crippen molar-refractivity contribution in [1.82, 2.24) is 9.97 Å². The van der Waals surface area contributed by atoms with Crippen LogP contribution in [0.3, 0.4) is 0 Å². The molecule has 0 amide bonds. The van der Waals surface area contributed by atoms with Crippen molar-refractivity contribution in [1.29, 1.82) is 0 Å². The molecule has 0 bridgehead atoms. The van der Waals surface area contributed by atoms with Crippen LogP contribution in [0.5, 0.6) is 0 Å². The first kappa shape index (κ1) is 14.7. The second kappa shape index (κ2) is 6.14. The van der Waals surface area contributed by atoms with E-state index < -0.39 is 4.92 Å². The SMILES string of the molecule is Cc1ccccc1C(C)Nc1nc(NN)ncc1[N+](=O)[O-]. The van der Waals surface area contributed by atoms with Crippen LogP contribution in [-0.2, 0) is 0 Å². The van der Waals surface area contributed by atoms with Crippen molar-refractivity contribution in [3.8, 4) is 0 Å². The summed E-state index contributed by atoms with van der Waals surface area (Å²) in [5.41, 5.74) is 4.20. The normalized spacial score (nSPS) is 11.8. The Morgan fingerprint density at radius 3 is 2.71 bits per heavy atom. The maximum Gasteiger partial charge on any atom is 0.329 e. The number of nitrogens with zero attached hydrogens (tertiary/aromatic N) is 3. The van der Waals surface area contributed by atoms with E-state index in [0.29, 0.717) is 0 Å². The number of nitrogen functional groups attached to an aromatic ring is 1. The standard InChI is InChI=1S/C13H16N6O2/c1-8-5-3-4-6-10(8)9(2)16-12-11(19(20)21)7-15-13(17-12)18-14/h3-7,9H,14H2,1-2H3,(H2,15,16,17,18). The quantitative estimate of drug-likeness (QED) is 0.438. The zero-order valence-corrected chi connectivity index (χ0v) is 11.7. The van der Waals surface area contributed by atoms with Crippen LogP contribution in [-0.4, -0.2) is 14.9 Å². The van der Waals surface area contributed by atoms with E-state index in [9.17, 15) is 10.1 Å². The van der Waals surface area contributed by atoms with Gasteiger partial charge in [0.05, 0.1) is 11.0 Å². The summed E-state index contributed by atoms with van der Waals surface area (Å²) in [6.45, 7) is 3.89. The number of hydrogen-bond acceptors (Lipinski definition) is 7. The fourth-order valence-electron chi connectivity index (χ4n) is 2.04. The van der Waals surface area contributed by atoms with Crippen LogP contribution < -0.4 is 16.6 Å². The molecule has 110 valence electrons. The highest BCUT2D eigenvalue weighted by molar-refractivity contribution is 5.58. The summed E-state index contributed by atoms with van der Waals surface area (Å²) in [6.07, 6.45) is 1.12. The van der Waals surface area contributed by atoms with Crippen LogP contribution in [0, 0.1) is 17.0 Å². The number of aromatic nitrogens is 2. The Morgan fingerprint density at radius 2 is 2.10 bits per heavy atom. The fourth-order valence-corrected chi connectivity index (χ4v) is 2.04. The van der Waals surface area contributed by atoms with Gasteiger partial charge in [-0.1, -0.05) is 24.3 Å². The summed E-state index contributed by atoms with van der Waals surface area (Å²) in [5, 5.41) is 14.1. The monoisotopic (exact) mass is 288 g/mol. The highest BCUT2D eigenvalue weighted by atomic mass is 16.6. The van der Waals surface area contributed by atoms with Gasteiger partial charge in [-0.05, 0) is 25.0 Å². The summed E-state index contributed by atoms with van der Waals surface area (Å²) in [4.78, 5) is 18.3. The Balaban J connectivity index is 2.34. The maximum atomic E-state index is 11.0. The highest BCUT2D eigenvalue weighted by Gasteiger charge is 2.19. The zero-order valence-electron chi connectivity index (χ0n) is 11.7. The molecule has 0 saturated heterocycles. The first-order chi connectivity index (χ1) is 10.0. The van der Waals surface area contributed by atoms with Crippen molar-refractivity contribution in [3.63, 3.8) is 0 Å². The molecule has 21 heavy (non-hydrogen) atoms. The van der Waals surface area contributed by atoms with E-state index in [4.69, 9.17) is 5.84 Å². The van der Waals surface area contributed by atoms with E-state index >= 15 is 0 Å². The van der Waals surface area contributed by atoms with Crippen molar-refractivity contribution in [2.24, 2.45) is 5.84 Å². The van der Waals surface area contributed by atoms with Crippen molar-refractivity contribution in [2.75, 3.05) is 10.7 Å². The van der Waals surface area contributed by atoms with E-state index in [1.807, 2.05) is 38.1 Å². The van der Waals surface area contributed by atoms with Crippen LogP contribution >= 0.6 is 0 Å². The largest absolute Gasteiger partial charge is 0.358 e. The third kappa shape index (κ3) is 3.23. The van der Waals surface area contributed by atoms with E-state index in [1.54, 1.807) is 0 Å². The lowest BCUT2D eigenvalue weighted by Gasteiger charge is -2.17. The molecule has 0 aliphatic carbocycles. The molecule has 1 atom stereocenters. The molecule has 0 saturated carbocycles. The number of hydrogen-bond donors (Lipinski definition) is 3. The Hall–Kier alpha value is -2.74. The van der Waals surface area contributed by atoms with E-state index in [-0.39, 0.29) is 23.5 Å². The molecule has 4 N–H and O–H groups in total. The second-order valence-electron chi connectivity index (χ2n) is 4.55. The lowest BCUT2D eigenvalue weighted by Crippen LogP contribution is -2.15. The number of hydrazine groups is 1. The molecule has 1 unspecified atom stereocenters. The molecule has 0 aliphatic rings. The Labute approximate surface area is 121 Å². The van der Waals surface area contributed by atoms with Crippen molar-refractivity contribution in [2.45, 2.75) is 19.9 Å². The molecule has 0 radical (unpaired) electrons. The van der Waals surface area contributed by atoms with Crippen LogP contribution in [0.4, 0.5) is 17.5 Å². The number of nitro groups is 1. The van der Waals surface area contributed by atoms with Gasteiger partial charge in [-0.15, -0.1) is 0 Å². The van der Waals surface area contributed by atoms with Crippen LogP contribution in [0.1, 0.15) is 24.1 Å². The minimum absolute atomic E-state index is 0.111. The molecule has 0 fully saturated rings. The first-order valence-electron chi connectivity index (χ1n) is 6.33. The maximum absolute atomic E-state index is 11.0. The third-order valence-corrected chi connectivity index (χ3v) is 3.10. The number of aryl methyl sites for hydroxylation is 1. The smallest absolute Gasteiger partial charge is 0.329 e. The van der Waals surface area contributed by atoms with Gasteiger partial charge in [0.25, 0.3) is 0 Å². The molecule has 1 aromatic carbocycles. The predicted octanol–water partition coefficient (Wildman–Crippen LogP) is 2.15. The van der Waals surface area contributed by atoms with E-state index in [1.165, 1.54) is 0 Å². The molecular weight excluding hydrogens is 272 g/mol. The van der Waals surface area contributed by atoms with Crippen LogP contribution in [0.25, 0.3) is 0 Å². The summed E-state index contributed by atoms with van der Waals surface area (Å²) in [5.74, 6) is 5.47. The van der Waals surface area contributed by atoms with Gasteiger partial charge in [0.2, 0.25) is 11.8 Å². The van der Waals surface area contributed by atoms with Gasteiger partial charge in [0.1, 0.15) is 6.20 Å².